The van der Waals surface area contributed by atoms with E-state index in [0.29, 0.717) is 31.2 Å². The molecular weight excluding hydrogens is 254 g/mol. The molecule has 3 N–H and O–H groups in total. The maximum absolute atomic E-state index is 12.4. The molecule has 0 aliphatic heterocycles. The molecule has 1 aromatic rings. The second-order valence-electron chi connectivity index (χ2n) is 5.36. The van der Waals surface area contributed by atoms with E-state index in [1.807, 2.05) is 11.8 Å². The van der Waals surface area contributed by atoms with Crippen molar-refractivity contribution in [3.05, 3.63) is 22.7 Å². The number of aryl methyl sites for hydroxylation is 1. The molecule has 0 fully saturated rings. The van der Waals surface area contributed by atoms with E-state index in [4.69, 9.17) is 11.1 Å². The Morgan fingerprint density at radius 3 is 2.80 bits per heavy atom. The molecule has 1 aromatic heterocycles. The lowest BCUT2D eigenvalue weighted by molar-refractivity contribution is 0.594. The highest BCUT2D eigenvalue weighted by Crippen LogP contribution is 2.08. The third-order valence-electron chi connectivity index (χ3n) is 2.90. The lowest BCUT2D eigenvalue weighted by Gasteiger charge is -2.25. The van der Waals surface area contributed by atoms with Crippen molar-refractivity contribution in [3.8, 4) is 0 Å². The second kappa shape index (κ2) is 7.67. The van der Waals surface area contributed by atoms with Gasteiger partial charge >= 0.3 is 0 Å². The van der Waals surface area contributed by atoms with Crippen LogP contribution in [0.2, 0.25) is 0 Å². The summed E-state index contributed by atoms with van der Waals surface area (Å²) in [4.78, 5) is 18.6. The number of nitrogens with zero attached hydrogens (tertiary/aromatic N) is 3. The minimum atomic E-state index is -0.0708. The molecule has 0 unspecified atom stereocenters. The Kier molecular flexibility index (Phi) is 6.21. The summed E-state index contributed by atoms with van der Waals surface area (Å²) in [7, 11) is 0. The first-order valence-corrected chi connectivity index (χ1v) is 7.09. The summed E-state index contributed by atoms with van der Waals surface area (Å²) < 4.78 is 1.68. The zero-order valence-corrected chi connectivity index (χ0v) is 12.6. The number of aromatic nitrogens is 2. The zero-order chi connectivity index (χ0) is 15.1. The Hall–Kier alpha value is -1.85. The van der Waals surface area contributed by atoms with E-state index >= 15 is 0 Å². The molecule has 0 saturated heterocycles. The molecule has 20 heavy (non-hydrogen) atoms. The van der Waals surface area contributed by atoms with Crippen LogP contribution in [0, 0.1) is 11.3 Å². The van der Waals surface area contributed by atoms with Crippen LogP contribution >= 0.6 is 0 Å². The third kappa shape index (κ3) is 4.68. The Morgan fingerprint density at radius 1 is 1.55 bits per heavy atom. The van der Waals surface area contributed by atoms with Crippen LogP contribution in [0.25, 0.3) is 0 Å². The molecule has 6 nitrogen and oxygen atoms in total. The quantitative estimate of drug-likeness (QED) is 0.557. The Labute approximate surface area is 120 Å². The van der Waals surface area contributed by atoms with Crippen molar-refractivity contribution in [1.29, 1.82) is 5.41 Å². The highest BCUT2D eigenvalue weighted by molar-refractivity contribution is 5.77. The molecule has 0 spiro atoms. The van der Waals surface area contributed by atoms with E-state index < -0.39 is 0 Å². The van der Waals surface area contributed by atoms with Gasteiger partial charge in [0.05, 0.1) is 5.84 Å². The van der Waals surface area contributed by atoms with Crippen molar-refractivity contribution in [2.75, 3.05) is 18.0 Å². The standard InChI is InChI=1S/C14H25N5O/c1-4-7-18-9-6-17-13(14(18)20)19(10-11(2)3)8-5-12(15)16/h6,9,11H,4-5,7-8,10H2,1-3H3,(H3,15,16). The van der Waals surface area contributed by atoms with Crippen LogP contribution in [-0.4, -0.2) is 28.5 Å². The van der Waals surface area contributed by atoms with Gasteiger partial charge < -0.3 is 15.2 Å². The molecule has 6 heteroatoms. The average molecular weight is 279 g/mol. The van der Waals surface area contributed by atoms with Crippen LogP contribution in [0.3, 0.4) is 0 Å². The van der Waals surface area contributed by atoms with Crippen molar-refractivity contribution in [2.45, 2.75) is 40.2 Å². The van der Waals surface area contributed by atoms with Gasteiger partial charge in [-0.15, -0.1) is 0 Å². The van der Waals surface area contributed by atoms with Gasteiger partial charge in [-0.2, -0.15) is 0 Å². The largest absolute Gasteiger partial charge is 0.388 e. The Balaban J connectivity index is 3.03. The minimum absolute atomic E-state index is 0.0708. The normalized spacial score (nSPS) is 10.8. The van der Waals surface area contributed by atoms with E-state index in [0.717, 1.165) is 13.0 Å². The van der Waals surface area contributed by atoms with Gasteiger partial charge in [0.25, 0.3) is 5.56 Å². The minimum Gasteiger partial charge on any atom is -0.388 e. The molecular formula is C14H25N5O. The van der Waals surface area contributed by atoms with Gasteiger partial charge in [-0.05, 0) is 12.3 Å². The first kappa shape index (κ1) is 16.2. The Bertz CT molecular complexity index is 495. The van der Waals surface area contributed by atoms with E-state index in [-0.39, 0.29) is 11.4 Å². The van der Waals surface area contributed by atoms with E-state index in [9.17, 15) is 4.79 Å². The van der Waals surface area contributed by atoms with Crippen molar-refractivity contribution in [1.82, 2.24) is 9.55 Å². The number of amidine groups is 1. The van der Waals surface area contributed by atoms with Crippen LogP contribution in [0.1, 0.15) is 33.6 Å². The van der Waals surface area contributed by atoms with Crippen molar-refractivity contribution in [3.63, 3.8) is 0 Å². The van der Waals surface area contributed by atoms with Crippen LogP contribution in [-0.2, 0) is 6.54 Å². The molecule has 0 bridgehead atoms. The molecule has 0 radical (unpaired) electrons. The van der Waals surface area contributed by atoms with Crippen LogP contribution in [0.4, 0.5) is 5.82 Å². The van der Waals surface area contributed by atoms with Gasteiger partial charge in [-0.3, -0.25) is 10.2 Å². The number of nitrogens with two attached hydrogens (primary N) is 1. The van der Waals surface area contributed by atoms with E-state index in [1.165, 1.54) is 0 Å². The number of anilines is 1. The fourth-order valence-electron chi connectivity index (χ4n) is 2.05. The van der Waals surface area contributed by atoms with Gasteiger partial charge in [-0.1, -0.05) is 20.8 Å². The van der Waals surface area contributed by atoms with Crippen molar-refractivity contribution >= 4 is 11.7 Å². The summed E-state index contributed by atoms with van der Waals surface area (Å²) in [5.74, 6) is 0.988. The fraction of sp³-hybridized carbons (Fsp3) is 0.643. The summed E-state index contributed by atoms with van der Waals surface area (Å²) in [5, 5.41) is 7.34. The molecule has 0 amide bonds. The highest BCUT2D eigenvalue weighted by Gasteiger charge is 2.15. The average Bonchev–Trinajstić information content (AvgIpc) is 2.37. The van der Waals surface area contributed by atoms with Crippen molar-refractivity contribution < 1.29 is 0 Å². The predicted molar refractivity (Wildman–Crippen MR) is 82.4 cm³/mol. The molecule has 0 aliphatic carbocycles. The topological polar surface area (TPSA) is 88.0 Å². The monoisotopic (exact) mass is 279 g/mol. The van der Waals surface area contributed by atoms with Crippen LogP contribution in [0.5, 0.6) is 0 Å². The van der Waals surface area contributed by atoms with E-state index in [1.54, 1.807) is 17.0 Å². The number of rotatable bonds is 8. The summed E-state index contributed by atoms with van der Waals surface area (Å²) in [5.41, 5.74) is 5.35. The lowest BCUT2D eigenvalue weighted by Crippen LogP contribution is -2.37. The molecule has 1 rings (SSSR count). The Morgan fingerprint density at radius 2 is 2.25 bits per heavy atom. The molecule has 0 aliphatic rings. The summed E-state index contributed by atoms with van der Waals surface area (Å²) >= 11 is 0. The lowest BCUT2D eigenvalue weighted by atomic mass is 10.2. The zero-order valence-electron chi connectivity index (χ0n) is 12.6. The summed E-state index contributed by atoms with van der Waals surface area (Å²) in [6.07, 6.45) is 4.72. The van der Waals surface area contributed by atoms with Gasteiger partial charge in [0.15, 0.2) is 5.82 Å². The number of hydrogen-bond donors (Lipinski definition) is 2. The first-order valence-electron chi connectivity index (χ1n) is 7.09. The first-order chi connectivity index (χ1) is 9.45. The molecule has 112 valence electrons. The van der Waals surface area contributed by atoms with E-state index in [2.05, 4.69) is 18.8 Å². The van der Waals surface area contributed by atoms with Crippen LogP contribution in [0.15, 0.2) is 17.2 Å². The second-order valence-corrected chi connectivity index (χ2v) is 5.36. The maximum atomic E-state index is 12.4. The fourth-order valence-corrected chi connectivity index (χ4v) is 2.05. The van der Waals surface area contributed by atoms with Crippen LogP contribution < -0.4 is 16.2 Å². The SMILES string of the molecule is CCCn1ccnc(N(CCC(=N)N)CC(C)C)c1=O. The molecule has 0 atom stereocenters. The smallest absolute Gasteiger partial charge is 0.293 e. The number of nitrogens with one attached hydrogen (secondary N) is 1. The predicted octanol–water partition coefficient (Wildman–Crippen LogP) is 1.44. The maximum Gasteiger partial charge on any atom is 0.293 e. The molecule has 1 heterocycles. The third-order valence-corrected chi connectivity index (χ3v) is 2.90. The van der Waals surface area contributed by atoms with Gasteiger partial charge in [0, 0.05) is 38.4 Å². The number of hydrogen-bond acceptors (Lipinski definition) is 4. The molecule has 0 aromatic carbocycles. The van der Waals surface area contributed by atoms with Gasteiger partial charge in [-0.25, -0.2) is 4.98 Å². The summed E-state index contributed by atoms with van der Waals surface area (Å²) in [6.45, 7) is 8.19. The van der Waals surface area contributed by atoms with Crippen molar-refractivity contribution in [2.24, 2.45) is 11.7 Å². The van der Waals surface area contributed by atoms with Gasteiger partial charge in [0.2, 0.25) is 0 Å². The summed E-state index contributed by atoms with van der Waals surface area (Å²) in [6, 6.07) is 0. The van der Waals surface area contributed by atoms with Gasteiger partial charge in [0.1, 0.15) is 0 Å². The highest BCUT2D eigenvalue weighted by atomic mass is 16.1. The molecule has 0 saturated carbocycles.